The summed E-state index contributed by atoms with van der Waals surface area (Å²) in [5.41, 5.74) is 4.58. The number of amides is 1. The molecule has 0 bridgehead atoms. The molecule has 4 aliphatic rings. The molecule has 1 aromatic rings. The number of likely N-dealkylation sites (tertiary alicyclic amines) is 2. The van der Waals surface area contributed by atoms with E-state index in [2.05, 4.69) is 4.90 Å². The Hall–Kier alpha value is -2.51. The van der Waals surface area contributed by atoms with Crippen LogP contribution in [0.25, 0.3) is 0 Å². The van der Waals surface area contributed by atoms with Crippen molar-refractivity contribution >= 4 is 17.7 Å². The summed E-state index contributed by atoms with van der Waals surface area (Å²) in [6, 6.07) is 3.59. The summed E-state index contributed by atoms with van der Waals surface area (Å²) in [6.45, 7) is 6.87. The summed E-state index contributed by atoms with van der Waals surface area (Å²) in [6.07, 6.45) is 3.93. The van der Waals surface area contributed by atoms with E-state index < -0.39 is 6.10 Å². The molecule has 5 rings (SSSR count). The van der Waals surface area contributed by atoms with E-state index in [0.717, 1.165) is 66.7 Å². The van der Waals surface area contributed by atoms with Gasteiger partial charge in [-0.2, -0.15) is 0 Å². The van der Waals surface area contributed by atoms with Crippen LogP contribution >= 0.6 is 0 Å². The van der Waals surface area contributed by atoms with Crippen LogP contribution in [-0.2, 0) is 20.9 Å². The normalized spacial score (nSPS) is 26.9. The molecule has 1 amide bonds. The monoisotopic (exact) mass is 452 g/mol. The SMILES string of the molecule is CC1=C(N2CCC3(CCCN(C[C@H](O)c4ccc5c(c4C)COC5=O)CC3)C2=O)CCC1=O. The lowest BCUT2D eigenvalue weighted by Gasteiger charge is -2.28. The number of aliphatic hydroxyl groups is 1. The molecular formula is C26H32N2O5. The minimum absolute atomic E-state index is 0.164. The first-order valence-electron chi connectivity index (χ1n) is 12.1. The number of hydrogen-bond acceptors (Lipinski definition) is 6. The molecule has 1 unspecified atom stereocenters. The second kappa shape index (κ2) is 8.37. The zero-order valence-corrected chi connectivity index (χ0v) is 19.5. The highest BCUT2D eigenvalue weighted by molar-refractivity contribution is 5.99. The third-order valence-electron chi connectivity index (χ3n) is 8.31. The van der Waals surface area contributed by atoms with Crippen molar-refractivity contribution in [3.63, 3.8) is 0 Å². The van der Waals surface area contributed by atoms with Crippen molar-refractivity contribution in [2.24, 2.45) is 5.41 Å². The molecule has 176 valence electrons. The predicted octanol–water partition coefficient (Wildman–Crippen LogP) is 3.04. The zero-order chi connectivity index (χ0) is 23.3. The third-order valence-corrected chi connectivity index (χ3v) is 8.31. The van der Waals surface area contributed by atoms with E-state index in [4.69, 9.17) is 4.74 Å². The fourth-order valence-corrected chi connectivity index (χ4v) is 6.15. The number of hydrogen-bond donors (Lipinski definition) is 1. The number of cyclic esters (lactones) is 1. The molecule has 33 heavy (non-hydrogen) atoms. The Labute approximate surface area is 194 Å². The first-order chi connectivity index (χ1) is 15.8. The van der Waals surface area contributed by atoms with Gasteiger partial charge in [-0.25, -0.2) is 4.79 Å². The van der Waals surface area contributed by atoms with Gasteiger partial charge in [-0.15, -0.1) is 0 Å². The maximum atomic E-state index is 13.5. The number of benzene rings is 1. The van der Waals surface area contributed by atoms with Crippen molar-refractivity contribution in [1.29, 1.82) is 0 Å². The maximum Gasteiger partial charge on any atom is 0.338 e. The summed E-state index contributed by atoms with van der Waals surface area (Å²) in [7, 11) is 0. The summed E-state index contributed by atoms with van der Waals surface area (Å²) < 4.78 is 5.14. The fraction of sp³-hybridized carbons (Fsp3) is 0.577. The van der Waals surface area contributed by atoms with Crippen LogP contribution in [0.15, 0.2) is 23.4 Å². The van der Waals surface area contributed by atoms with Gasteiger partial charge in [0.05, 0.1) is 17.1 Å². The maximum absolute atomic E-state index is 13.5. The minimum atomic E-state index is -0.659. The summed E-state index contributed by atoms with van der Waals surface area (Å²) in [5, 5.41) is 11.0. The Morgan fingerprint density at radius 1 is 1.06 bits per heavy atom. The van der Waals surface area contributed by atoms with Gasteiger partial charge in [-0.3, -0.25) is 9.59 Å². The lowest BCUT2D eigenvalue weighted by Crippen LogP contribution is -2.36. The molecule has 1 aromatic carbocycles. The van der Waals surface area contributed by atoms with Gasteiger partial charge in [0.2, 0.25) is 5.91 Å². The van der Waals surface area contributed by atoms with Gasteiger partial charge in [0.15, 0.2) is 5.78 Å². The lowest BCUT2D eigenvalue weighted by atomic mass is 9.79. The molecule has 1 N–H and O–H groups in total. The summed E-state index contributed by atoms with van der Waals surface area (Å²) >= 11 is 0. The number of allylic oxidation sites excluding steroid dienone is 2. The molecule has 2 saturated heterocycles. The highest BCUT2D eigenvalue weighted by Crippen LogP contribution is 2.44. The molecule has 7 nitrogen and oxygen atoms in total. The van der Waals surface area contributed by atoms with E-state index in [1.807, 2.05) is 24.8 Å². The highest BCUT2D eigenvalue weighted by Gasteiger charge is 2.48. The van der Waals surface area contributed by atoms with Gasteiger partial charge in [-0.1, -0.05) is 6.07 Å². The molecule has 0 radical (unpaired) electrons. The Balaban J connectivity index is 1.26. The first kappa shape index (κ1) is 22.3. The van der Waals surface area contributed by atoms with Crippen LogP contribution < -0.4 is 0 Å². The number of fused-ring (bicyclic) bond motifs is 1. The van der Waals surface area contributed by atoms with Crippen LogP contribution in [0.3, 0.4) is 0 Å². The quantitative estimate of drug-likeness (QED) is 0.707. The average molecular weight is 453 g/mol. The van der Waals surface area contributed by atoms with E-state index in [1.165, 1.54) is 0 Å². The van der Waals surface area contributed by atoms with Crippen LogP contribution in [0.2, 0.25) is 0 Å². The fourth-order valence-electron chi connectivity index (χ4n) is 6.15. The standard InChI is InChI=1S/C26H32N2O5/c1-16-18(4-5-19-20(16)15-33-24(19)31)23(30)14-27-11-3-8-26(9-12-27)10-13-28(25(26)32)21-6-7-22(29)17(21)2/h4-5,23,30H,3,6-15H2,1-2H3/t23-,26?/m0/s1. The van der Waals surface area contributed by atoms with Gasteiger partial charge in [-0.05, 0) is 76.2 Å². The number of aliphatic hydroxyl groups excluding tert-OH is 1. The van der Waals surface area contributed by atoms with Crippen molar-refractivity contribution in [2.45, 2.75) is 65.1 Å². The molecule has 3 heterocycles. The molecule has 1 aliphatic carbocycles. The van der Waals surface area contributed by atoms with Crippen LogP contribution in [-0.4, -0.2) is 58.7 Å². The Morgan fingerprint density at radius 2 is 1.85 bits per heavy atom. The number of carbonyl (C=O) groups is 3. The number of rotatable bonds is 4. The van der Waals surface area contributed by atoms with Crippen molar-refractivity contribution in [1.82, 2.24) is 9.80 Å². The van der Waals surface area contributed by atoms with Crippen molar-refractivity contribution in [3.05, 3.63) is 45.7 Å². The average Bonchev–Trinajstić information content (AvgIpc) is 3.37. The molecule has 2 fully saturated rings. The zero-order valence-electron chi connectivity index (χ0n) is 19.5. The number of esters is 1. The van der Waals surface area contributed by atoms with Crippen molar-refractivity contribution in [2.75, 3.05) is 26.2 Å². The molecule has 0 aromatic heterocycles. The van der Waals surface area contributed by atoms with Crippen molar-refractivity contribution in [3.8, 4) is 0 Å². The third kappa shape index (κ3) is 3.71. The topological polar surface area (TPSA) is 87.2 Å². The van der Waals surface area contributed by atoms with Gasteiger partial charge in [0.25, 0.3) is 0 Å². The highest BCUT2D eigenvalue weighted by atomic mass is 16.5. The number of Topliss-reactive ketones (excluding diaryl/α,β-unsaturated/α-hetero) is 1. The Morgan fingerprint density at radius 3 is 2.61 bits per heavy atom. The predicted molar refractivity (Wildman–Crippen MR) is 121 cm³/mol. The van der Waals surface area contributed by atoms with Gasteiger partial charge < -0.3 is 19.6 Å². The number of ether oxygens (including phenoxy) is 1. The first-order valence-corrected chi connectivity index (χ1v) is 12.1. The smallest absolute Gasteiger partial charge is 0.338 e. The summed E-state index contributed by atoms with van der Waals surface area (Å²) in [5.74, 6) is 0.0563. The summed E-state index contributed by atoms with van der Waals surface area (Å²) in [4.78, 5) is 41.4. The molecular weight excluding hydrogens is 420 g/mol. The van der Waals surface area contributed by atoms with E-state index in [0.29, 0.717) is 31.5 Å². The molecule has 2 atom stereocenters. The van der Waals surface area contributed by atoms with Gasteiger partial charge in [0.1, 0.15) is 6.61 Å². The Bertz CT molecular complexity index is 1060. The van der Waals surface area contributed by atoms with Crippen LogP contribution in [0, 0.1) is 12.3 Å². The van der Waals surface area contributed by atoms with E-state index in [-0.39, 0.29) is 29.7 Å². The van der Waals surface area contributed by atoms with Crippen LogP contribution in [0.1, 0.15) is 78.6 Å². The van der Waals surface area contributed by atoms with Crippen LogP contribution in [0.4, 0.5) is 0 Å². The number of nitrogens with zero attached hydrogens (tertiary/aromatic N) is 2. The van der Waals surface area contributed by atoms with E-state index in [1.54, 1.807) is 6.07 Å². The van der Waals surface area contributed by atoms with Gasteiger partial charge >= 0.3 is 5.97 Å². The molecule has 1 spiro atoms. The van der Waals surface area contributed by atoms with Crippen molar-refractivity contribution < 1.29 is 24.2 Å². The second-order valence-electron chi connectivity index (χ2n) is 10.0. The molecule has 0 saturated carbocycles. The molecule has 7 heteroatoms. The number of β-amino-alcohol motifs (C(OH)–C–C–N with tert-alkyl or cyclic N) is 1. The Kier molecular flexibility index (Phi) is 5.65. The number of carbonyl (C=O) groups excluding carboxylic acids is 3. The van der Waals surface area contributed by atoms with E-state index >= 15 is 0 Å². The second-order valence-corrected chi connectivity index (χ2v) is 10.0. The van der Waals surface area contributed by atoms with E-state index in [9.17, 15) is 19.5 Å². The molecule has 3 aliphatic heterocycles. The number of ketones is 1. The van der Waals surface area contributed by atoms with Gasteiger partial charge in [0, 0.05) is 36.3 Å². The lowest BCUT2D eigenvalue weighted by molar-refractivity contribution is -0.135. The van der Waals surface area contributed by atoms with Crippen LogP contribution in [0.5, 0.6) is 0 Å². The minimum Gasteiger partial charge on any atom is -0.457 e. The largest absolute Gasteiger partial charge is 0.457 e.